The molecule has 7 heteroatoms. The van der Waals surface area contributed by atoms with Crippen LogP contribution in [0.1, 0.15) is 46.5 Å². The van der Waals surface area contributed by atoms with Crippen LogP contribution < -0.4 is 5.32 Å². The molecule has 3 amide bonds. The lowest BCUT2D eigenvalue weighted by atomic mass is 9.95. The minimum Gasteiger partial charge on any atom is -0.450 e. The number of likely N-dealkylation sites (tertiary alicyclic amines) is 2. The fourth-order valence-electron chi connectivity index (χ4n) is 3.50. The van der Waals surface area contributed by atoms with Gasteiger partial charge in [0.2, 0.25) is 11.8 Å². The van der Waals surface area contributed by atoms with E-state index in [0.717, 1.165) is 32.2 Å². The Hall–Kier alpha value is -1.79. The van der Waals surface area contributed by atoms with Gasteiger partial charge in [0, 0.05) is 38.1 Å². The van der Waals surface area contributed by atoms with E-state index < -0.39 is 0 Å². The van der Waals surface area contributed by atoms with Crippen molar-refractivity contribution >= 4 is 17.9 Å². The first kappa shape index (κ1) is 19.5. The van der Waals surface area contributed by atoms with Crippen LogP contribution in [0, 0.1) is 11.8 Å². The van der Waals surface area contributed by atoms with E-state index >= 15 is 0 Å². The van der Waals surface area contributed by atoms with Gasteiger partial charge < -0.3 is 19.9 Å². The Morgan fingerprint density at radius 1 is 1.08 bits per heavy atom. The van der Waals surface area contributed by atoms with Crippen LogP contribution in [-0.4, -0.2) is 66.5 Å². The van der Waals surface area contributed by atoms with Gasteiger partial charge in [0.15, 0.2) is 0 Å². The molecule has 0 bridgehead atoms. The number of nitrogens with one attached hydrogen (secondary N) is 1. The summed E-state index contributed by atoms with van der Waals surface area (Å²) in [5.41, 5.74) is 0. The highest BCUT2D eigenvalue weighted by Gasteiger charge is 2.31. The summed E-state index contributed by atoms with van der Waals surface area (Å²) in [7, 11) is 0. The molecule has 0 saturated carbocycles. The second-order valence-corrected chi connectivity index (χ2v) is 7.25. The van der Waals surface area contributed by atoms with E-state index in [2.05, 4.69) is 5.32 Å². The second kappa shape index (κ2) is 9.06. The molecule has 0 aromatic rings. The first-order valence-electron chi connectivity index (χ1n) is 9.43. The molecule has 2 heterocycles. The molecule has 25 heavy (non-hydrogen) atoms. The Kier molecular flexibility index (Phi) is 7.08. The molecule has 2 rings (SSSR count). The zero-order valence-electron chi connectivity index (χ0n) is 15.6. The molecule has 0 unspecified atom stereocenters. The number of hydrogen-bond donors (Lipinski definition) is 1. The van der Waals surface area contributed by atoms with Crippen LogP contribution in [0.5, 0.6) is 0 Å². The molecular weight excluding hydrogens is 322 g/mol. The van der Waals surface area contributed by atoms with Crippen molar-refractivity contribution in [2.45, 2.75) is 52.5 Å². The molecule has 1 N–H and O–H groups in total. The number of carbonyl (C=O) groups is 3. The number of piperidine rings is 2. The summed E-state index contributed by atoms with van der Waals surface area (Å²) in [6.07, 6.45) is 2.91. The maximum atomic E-state index is 12.6. The maximum Gasteiger partial charge on any atom is 0.409 e. The van der Waals surface area contributed by atoms with Crippen molar-refractivity contribution in [3.05, 3.63) is 0 Å². The summed E-state index contributed by atoms with van der Waals surface area (Å²) >= 11 is 0. The molecule has 142 valence electrons. The van der Waals surface area contributed by atoms with Crippen molar-refractivity contribution in [1.82, 2.24) is 15.1 Å². The normalized spacial score (nSPS) is 22.0. The van der Waals surface area contributed by atoms with Gasteiger partial charge in [-0.1, -0.05) is 13.8 Å². The summed E-state index contributed by atoms with van der Waals surface area (Å²) in [4.78, 5) is 39.9. The Morgan fingerprint density at radius 2 is 1.76 bits per heavy atom. The second-order valence-electron chi connectivity index (χ2n) is 7.25. The zero-order chi connectivity index (χ0) is 18.4. The third-order valence-corrected chi connectivity index (χ3v) is 4.97. The zero-order valence-corrected chi connectivity index (χ0v) is 15.6. The van der Waals surface area contributed by atoms with E-state index in [0.29, 0.717) is 26.2 Å². The highest BCUT2D eigenvalue weighted by Crippen LogP contribution is 2.20. The topological polar surface area (TPSA) is 79.0 Å². The molecule has 2 fully saturated rings. The van der Waals surface area contributed by atoms with E-state index in [4.69, 9.17) is 4.74 Å². The van der Waals surface area contributed by atoms with E-state index in [-0.39, 0.29) is 35.8 Å². The average molecular weight is 353 g/mol. The molecule has 0 aromatic heterocycles. The van der Waals surface area contributed by atoms with Gasteiger partial charge in [-0.15, -0.1) is 0 Å². The molecule has 0 aliphatic carbocycles. The van der Waals surface area contributed by atoms with Crippen LogP contribution in [0.15, 0.2) is 0 Å². The van der Waals surface area contributed by atoms with Crippen LogP contribution in [0.2, 0.25) is 0 Å². The van der Waals surface area contributed by atoms with Gasteiger partial charge in [-0.3, -0.25) is 9.59 Å². The molecule has 0 radical (unpaired) electrons. The lowest BCUT2D eigenvalue weighted by Gasteiger charge is -2.35. The quantitative estimate of drug-likeness (QED) is 0.833. The first-order valence-corrected chi connectivity index (χ1v) is 9.43. The molecule has 2 aliphatic rings. The van der Waals surface area contributed by atoms with Crippen LogP contribution in [0.25, 0.3) is 0 Å². The van der Waals surface area contributed by atoms with Gasteiger partial charge in [-0.05, 0) is 32.6 Å². The average Bonchev–Trinajstić information content (AvgIpc) is 2.61. The molecule has 0 spiro atoms. The van der Waals surface area contributed by atoms with Crippen molar-refractivity contribution in [3.63, 3.8) is 0 Å². The van der Waals surface area contributed by atoms with E-state index in [1.165, 1.54) is 0 Å². The molecule has 1 atom stereocenters. The van der Waals surface area contributed by atoms with E-state index in [1.807, 2.05) is 18.7 Å². The molecule has 0 aromatic carbocycles. The molecule has 2 saturated heterocycles. The SMILES string of the molecule is CCOC(=O)N1CCC(NC(=O)[C@@H]2CCCN(C(=O)C(C)C)C2)CC1. The molecule has 7 nitrogen and oxygen atoms in total. The van der Waals surface area contributed by atoms with Crippen LogP contribution in [-0.2, 0) is 14.3 Å². The number of hydrogen-bond acceptors (Lipinski definition) is 4. The standard InChI is InChI=1S/C18H31N3O4/c1-4-25-18(24)20-10-7-15(8-11-20)19-16(22)14-6-5-9-21(12-14)17(23)13(2)3/h13-15H,4-12H2,1-3H3,(H,19,22)/t14-/m1/s1. The maximum absolute atomic E-state index is 12.6. The number of amides is 3. The third kappa shape index (κ3) is 5.34. The van der Waals surface area contributed by atoms with Gasteiger partial charge >= 0.3 is 6.09 Å². The third-order valence-electron chi connectivity index (χ3n) is 4.97. The highest BCUT2D eigenvalue weighted by atomic mass is 16.6. The Bertz CT molecular complexity index is 487. The number of ether oxygens (including phenoxy) is 1. The van der Waals surface area contributed by atoms with Crippen molar-refractivity contribution in [2.24, 2.45) is 11.8 Å². The summed E-state index contributed by atoms with van der Waals surface area (Å²) < 4.78 is 5.01. The van der Waals surface area contributed by atoms with Gasteiger partial charge in [-0.2, -0.15) is 0 Å². The van der Waals surface area contributed by atoms with Crippen molar-refractivity contribution in [2.75, 3.05) is 32.8 Å². The fraction of sp³-hybridized carbons (Fsp3) is 0.833. The summed E-state index contributed by atoms with van der Waals surface area (Å²) in [6, 6.07) is 0.0920. The van der Waals surface area contributed by atoms with Crippen molar-refractivity contribution in [1.29, 1.82) is 0 Å². The van der Waals surface area contributed by atoms with Crippen LogP contribution in [0.3, 0.4) is 0 Å². The fourth-order valence-corrected chi connectivity index (χ4v) is 3.50. The van der Waals surface area contributed by atoms with Gasteiger partial charge in [0.05, 0.1) is 12.5 Å². The van der Waals surface area contributed by atoms with Gasteiger partial charge in [0.25, 0.3) is 0 Å². The molecular formula is C18H31N3O4. The lowest BCUT2D eigenvalue weighted by Crippen LogP contribution is -2.51. The van der Waals surface area contributed by atoms with Crippen molar-refractivity contribution < 1.29 is 19.1 Å². The molecule has 2 aliphatic heterocycles. The largest absolute Gasteiger partial charge is 0.450 e. The minimum atomic E-state index is -0.276. The van der Waals surface area contributed by atoms with Crippen LogP contribution >= 0.6 is 0 Å². The predicted octanol–water partition coefficient (Wildman–Crippen LogP) is 1.62. The summed E-state index contributed by atoms with van der Waals surface area (Å²) in [5, 5.41) is 3.11. The Balaban J connectivity index is 1.78. The Labute approximate surface area is 150 Å². The van der Waals surface area contributed by atoms with Gasteiger partial charge in [-0.25, -0.2) is 4.79 Å². The van der Waals surface area contributed by atoms with E-state index in [1.54, 1.807) is 11.8 Å². The summed E-state index contributed by atoms with van der Waals surface area (Å²) in [6.45, 7) is 8.43. The van der Waals surface area contributed by atoms with Crippen LogP contribution in [0.4, 0.5) is 4.79 Å². The Morgan fingerprint density at radius 3 is 2.36 bits per heavy atom. The number of carbonyl (C=O) groups excluding carboxylic acids is 3. The summed E-state index contributed by atoms with van der Waals surface area (Å²) in [5.74, 6) is 0.00429. The number of rotatable bonds is 4. The monoisotopic (exact) mass is 353 g/mol. The first-order chi connectivity index (χ1) is 11.9. The van der Waals surface area contributed by atoms with E-state index in [9.17, 15) is 14.4 Å². The minimum absolute atomic E-state index is 0.0333. The predicted molar refractivity (Wildman–Crippen MR) is 93.9 cm³/mol. The van der Waals surface area contributed by atoms with Gasteiger partial charge in [0.1, 0.15) is 0 Å². The smallest absolute Gasteiger partial charge is 0.409 e. The highest BCUT2D eigenvalue weighted by molar-refractivity contribution is 5.82. The lowest BCUT2D eigenvalue weighted by molar-refractivity contribution is -0.138. The number of nitrogens with zero attached hydrogens (tertiary/aromatic N) is 2. The van der Waals surface area contributed by atoms with Crippen molar-refractivity contribution in [3.8, 4) is 0 Å².